The molecule has 1 aromatic carbocycles. The van der Waals surface area contributed by atoms with Gasteiger partial charge in [-0.15, -0.1) is 0 Å². The van der Waals surface area contributed by atoms with Crippen LogP contribution in [0.2, 0.25) is 0 Å². The SMILES string of the molecule is Cc1cccc2c1OC1=CC=C(Cl)CC1(C)C2. The minimum atomic E-state index is 0.0205. The van der Waals surface area contributed by atoms with E-state index in [1.807, 2.05) is 12.2 Å². The summed E-state index contributed by atoms with van der Waals surface area (Å²) in [6.45, 7) is 4.31. The molecule has 0 N–H and O–H groups in total. The van der Waals surface area contributed by atoms with Gasteiger partial charge >= 0.3 is 0 Å². The zero-order chi connectivity index (χ0) is 12.0. The maximum Gasteiger partial charge on any atom is 0.133 e. The van der Waals surface area contributed by atoms with Crippen LogP contribution < -0.4 is 4.74 Å². The highest BCUT2D eigenvalue weighted by atomic mass is 35.5. The summed E-state index contributed by atoms with van der Waals surface area (Å²) >= 11 is 6.15. The monoisotopic (exact) mass is 246 g/mol. The molecule has 88 valence electrons. The van der Waals surface area contributed by atoms with E-state index in [-0.39, 0.29) is 5.41 Å². The van der Waals surface area contributed by atoms with Gasteiger partial charge in [-0.3, -0.25) is 0 Å². The Bertz CT molecular complexity index is 542. The first-order valence-corrected chi connectivity index (χ1v) is 6.29. The fraction of sp³-hybridized carbons (Fsp3) is 0.333. The van der Waals surface area contributed by atoms with Crippen molar-refractivity contribution in [2.45, 2.75) is 26.7 Å². The summed E-state index contributed by atoms with van der Waals surface area (Å²) in [4.78, 5) is 0. The van der Waals surface area contributed by atoms with Crippen LogP contribution in [0.25, 0.3) is 0 Å². The van der Waals surface area contributed by atoms with Crippen molar-refractivity contribution in [1.82, 2.24) is 0 Å². The smallest absolute Gasteiger partial charge is 0.133 e. The van der Waals surface area contributed by atoms with E-state index in [1.54, 1.807) is 0 Å². The number of aryl methyl sites for hydroxylation is 1. The third kappa shape index (κ3) is 1.69. The summed E-state index contributed by atoms with van der Waals surface area (Å²) < 4.78 is 6.08. The van der Waals surface area contributed by atoms with Gasteiger partial charge in [-0.25, -0.2) is 0 Å². The minimum absolute atomic E-state index is 0.0205. The molecule has 2 heteroatoms. The fourth-order valence-corrected chi connectivity index (χ4v) is 3.08. The Labute approximate surface area is 107 Å². The second-order valence-corrected chi connectivity index (χ2v) is 5.71. The van der Waals surface area contributed by atoms with Gasteiger partial charge in [0.2, 0.25) is 0 Å². The van der Waals surface area contributed by atoms with Crippen LogP contribution >= 0.6 is 11.6 Å². The van der Waals surface area contributed by atoms with E-state index < -0.39 is 0 Å². The van der Waals surface area contributed by atoms with Crippen LogP contribution in [0.3, 0.4) is 0 Å². The summed E-state index contributed by atoms with van der Waals surface area (Å²) in [5.74, 6) is 2.08. The van der Waals surface area contributed by atoms with E-state index in [2.05, 4.69) is 32.0 Å². The van der Waals surface area contributed by atoms with Crippen molar-refractivity contribution in [2.24, 2.45) is 5.41 Å². The summed E-state index contributed by atoms with van der Waals surface area (Å²) in [5.41, 5.74) is 2.51. The first kappa shape index (κ1) is 10.9. The van der Waals surface area contributed by atoms with E-state index in [4.69, 9.17) is 16.3 Å². The molecule has 0 fully saturated rings. The molecule has 0 saturated heterocycles. The molecular weight excluding hydrogens is 232 g/mol. The highest BCUT2D eigenvalue weighted by Crippen LogP contribution is 2.48. The van der Waals surface area contributed by atoms with Crippen LogP contribution in [-0.4, -0.2) is 0 Å². The van der Waals surface area contributed by atoms with Crippen LogP contribution in [-0.2, 0) is 6.42 Å². The molecule has 3 rings (SSSR count). The Morgan fingerprint density at radius 1 is 1.24 bits per heavy atom. The van der Waals surface area contributed by atoms with Crippen LogP contribution in [0.5, 0.6) is 5.75 Å². The second-order valence-electron chi connectivity index (χ2n) is 5.22. The molecule has 1 aliphatic carbocycles. The summed E-state index contributed by atoms with van der Waals surface area (Å²) in [6.07, 6.45) is 5.83. The van der Waals surface area contributed by atoms with Crippen molar-refractivity contribution in [2.75, 3.05) is 0 Å². The molecule has 0 radical (unpaired) electrons. The lowest BCUT2D eigenvalue weighted by molar-refractivity contribution is 0.220. The van der Waals surface area contributed by atoms with Crippen LogP contribution in [0.15, 0.2) is 41.1 Å². The minimum Gasteiger partial charge on any atom is -0.461 e. The largest absolute Gasteiger partial charge is 0.461 e. The van der Waals surface area contributed by atoms with Gasteiger partial charge in [0.1, 0.15) is 11.5 Å². The zero-order valence-electron chi connectivity index (χ0n) is 10.1. The first-order valence-electron chi connectivity index (χ1n) is 5.92. The molecule has 0 saturated carbocycles. The molecule has 1 heterocycles. The molecule has 2 aliphatic rings. The maximum absolute atomic E-state index is 6.15. The van der Waals surface area contributed by atoms with Crippen molar-refractivity contribution in [3.05, 3.63) is 52.3 Å². The number of rotatable bonds is 0. The summed E-state index contributed by atoms with van der Waals surface area (Å²) in [7, 11) is 0. The lowest BCUT2D eigenvalue weighted by Crippen LogP contribution is -2.31. The zero-order valence-corrected chi connectivity index (χ0v) is 10.8. The second kappa shape index (κ2) is 3.64. The van der Waals surface area contributed by atoms with Gasteiger partial charge in [0, 0.05) is 10.4 Å². The first-order chi connectivity index (χ1) is 8.08. The Morgan fingerprint density at radius 3 is 2.88 bits per heavy atom. The van der Waals surface area contributed by atoms with Crippen molar-refractivity contribution in [1.29, 1.82) is 0 Å². The predicted molar refractivity (Wildman–Crippen MR) is 70.3 cm³/mol. The van der Waals surface area contributed by atoms with E-state index >= 15 is 0 Å². The van der Waals surface area contributed by atoms with Crippen molar-refractivity contribution in [3.63, 3.8) is 0 Å². The number of para-hydroxylation sites is 1. The van der Waals surface area contributed by atoms with Gasteiger partial charge in [0.15, 0.2) is 0 Å². The fourth-order valence-electron chi connectivity index (χ4n) is 2.72. The van der Waals surface area contributed by atoms with Gasteiger partial charge in [-0.1, -0.05) is 36.7 Å². The average molecular weight is 247 g/mol. The van der Waals surface area contributed by atoms with Crippen LogP contribution in [0, 0.1) is 12.3 Å². The number of benzene rings is 1. The van der Waals surface area contributed by atoms with E-state index in [0.29, 0.717) is 0 Å². The number of allylic oxidation sites excluding steroid dienone is 4. The molecule has 0 aromatic heterocycles. The van der Waals surface area contributed by atoms with Crippen LogP contribution in [0.1, 0.15) is 24.5 Å². The van der Waals surface area contributed by atoms with E-state index in [1.165, 1.54) is 11.1 Å². The van der Waals surface area contributed by atoms with Crippen molar-refractivity contribution >= 4 is 11.6 Å². The lowest BCUT2D eigenvalue weighted by Gasteiger charge is -2.39. The van der Waals surface area contributed by atoms with Gasteiger partial charge in [0.25, 0.3) is 0 Å². The molecule has 0 bridgehead atoms. The standard InChI is InChI=1S/C15H15ClO/c1-10-4-3-5-11-8-15(2)9-12(16)6-7-13(15)17-14(10)11/h3-7H,8-9H2,1-2H3. The van der Waals surface area contributed by atoms with E-state index in [0.717, 1.165) is 29.4 Å². The quantitative estimate of drug-likeness (QED) is 0.661. The molecular formula is C15H15ClO. The highest BCUT2D eigenvalue weighted by molar-refractivity contribution is 6.29. The predicted octanol–water partition coefficient (Wildman–Crippen LogP) is 4.35. The lowest BCUT2D eigenvalue weighted by atomic mass is 9.74. The Hall–Kier alpha value is -1.21. The summed E-state index contributed by atoms with van der Waals surface area (Å²) in [5, 5.41) is 0.913. The molecule has 1 nitrogen and oxygen atoms in total. The van der Waals surface area contributed by atoms with Crippen LogP contribution in [0.4, 0.5) is 0 Å². The average Bonchev–Trinajstić information content (AvgIpc) is 2.26. The number of ether oxygens (including phenoxy) is 1. The highest BCUT2D eigenvalue weighted by Gasteiger charge is 2.38. The molecule has 0 amide bonds. The van der Waals surface area contributed by atoms with Gasteiger partial charge in [0.05, 0.1) is 0 Å². The molecule has 0 spiro atoms. The number of halogens is 1. The topological polar surface area (TPSA) is 9.23 Å². The molecule has 1 aromatic rings. The molecule has 17 heavy (non-hydrogen) atoms. The van der Waals surface area contributed by atoms with Gasteiger partial charge in [-0.05, 0) is 43.0 Å². The Balaban J connectivity index is 2.10. The molecule has 1 atom stereocenters. The normalized spacial score (nSPS) is 26.3. The Kier molecular flexibility index (Phi) is 2.34. The van der Waals surface area contributed by atoms with Gasteiger partial charge < -0.3 is 4.74 Å². The van der Waals surface area contributed by atoms with Gasteiger partial charge in [-0.2, -0.15) is 0 Å². The molecule has 1 aliphatic heterocycles. The number of hydrogen-bond donors (Lipinski definition) is 0. The third-order valence-electron chi connectivity index (χ3n) is 3.66. The number of fused-ring (bicyclic) bond motifs is 2. The number of hydrogen-bond acceptors (Lipinski definition) is 1. The third-order valence-corrected chi connectivity index (χ3v) is 3.92. The summed E-state index contributed by atoms with van der Waals surface area (Å²) in [6, 6.07) is 6.33. The van der Waals surface area contributed by atoms with Crippen molar-refractivity contribution < 1.29 is 4.74 Å². The van der Waals surface area contributed by atoms with Crippen molar-refractivity contribution in [3.8, 4) is 5.75 Å². The Morgan fingerprint density at radius 2 is 2.06 bits per heavy atom. The molecule has 1 unspecified atom stereocenters. The maximum atomic E-state index is 6.15. The van der Waals surface area contributed by atoms with E-state index in [9.17, 15) is 0 Å².